The summed E-state index contributed by atoms with van der Waals surface area (Å²) < 4.78 is 0. The molecule has 1 rings (SSSR count). The summed E-state index contributed by atoms with van der Waals surface area (Å²) in [6, 6.07) is 7.47. The van der Waals surface area contributed by atoms with Gasteiger partial charge in [0.25, 0.3) is 0 Å². The molecule has 0 amide bonds. The Kier molecular flexibility index (Phi) is 7.87. The van der Waals surface area contributed by atoms with Crippen molar-refractivity contribution in [2.75, 3.05) is 0 Å². The van der Waals surface area contributed by atoms with Crippen LogP contribution in [0.15, 0.2) is 12.1 Å². The summed E-state index contributed by atoms with van der Waals surface area (Å²) in [7, 11) is 0. The average molecular weight is 311 g/mol. The first-order valence-corrected chi connectivity index (χ1v) is 3.15. The first-order chi connectivity index (χ1) is 4.18. The molecule has 0 aromatic heterocycles. The van der Waals surface area contributed by atoms with E-state index in [1.54, 1.807) is 0 Å². The average Bonchev–Trinajstić information content (AvgIpc) is 1.59. The van der Waals surface area contributed by atoms with Crippen LogP contribution in [0.3, 0.4) is 0 Å². The fraction of sp³-hybridized carbons (Fsp3) is 0.333. The smallest absolute Gasteiger partial charge is 0 e. The Morgan fingerprint density at radius 2 is 1.36 bits per heavy atom. The van der Waals surface area contributed by atoms with Crippen molar-refractivity contribution in [2.24, 2.45) is 0 Å². The predicted octanol–water partition coefficient (Wildman–Crippen LogP) is -0.586. The van der Waals surface area contributed by atoms with E-state index in [9.17, 15) is 0 Å². The van der Waals surface area contributed by atoms with E-state index in [1.807, 2.05) is 0 Å². The van der Waals surface area contributed by atoms with E-state index >= 15 is 0 Å². The first kappa shape index (κ1) is 14.1. The topological polar surface area (TPSA) is 0 Å². The molecule has 0 fully saturated rings. The monoisotopic (exact) mass is 310 g/mol. The molecule has 0 heterocycles. The zero-order valence-corrected chi connectivity index (χ0v) is 12.4. The van der Waals surface area contributed by atoms with Crippen molar-refractivity contribution >= 4 is 0 Å². The van der Waals surface area contributed by atoms with Crippen molar-refractivity contribution in [3.63, 3.8) is 0 Å². The largest absolute Gasteiger partial charge is 1.00 e. The second-order valence-corrected chi connectivity index (χ2v) is 2.52. The summed E-state index contributed by atoms with van der Waals surface area (Å²) >= 11 is 0. The predicted molar refractivity (Wildman–Crippen MR) is 39.5 cm³/mol. The van der Waals surface area contributed by atoms with Gasteiger partial charge in [-0.1, -0.05) is 17.7 Å². The summed E-state index contributed by atoms with van der Waals surface area (Å²) in [5.74, 6) is 0. The Balaban J connectivity index is 0. The minimum atomic E-state index is 0. The fourth-order valence-electron chi connectivity index (χ4n) is 1.11. The molecule has 0 N–H and O–H groups in total. The maximum Gasteiger partial charge on any atom is 0 e. The van der Waals surface area contributed by atoms with Gasteiger partial charge in [-0.05, 0) is 38.0 Å². The molecule has 1 aromatic carbocycles. The van der Waals surface area contributed by atoms with Gasteiger partial charge in [0.15, 0.2) is 0 Å². The Labute approximate surface area is 98.6 Å². The van der Waals surface area contributed by atoms with Crippen LogP contribution in [-0.4, -0.2) is 0 Å². The van der Waals surface area contributed by atoms with E-state index in [0.717, 1.165) is 0 Å². The van der Waals surface area contributed by atoms with Crippen molar-refractivity contribution in [3.8, 4) is 0 Å². The summed E-state index contributed by atoms with van der Waals surface area (Å²) in [5.41, 5.74) is 3.78. The van der Waals surface area contributed by atoms with Gasteiger partial charge in [-0.3, -0.25) is 0 Å². The van der Waals surface area contributed by atoms with E-state index in [2.05, 4.69) is 39.0 Å². The van der Waals surface area contributed by atoms with E-state index < -0.39 is 0 Å². The number of halogens is 1. The Morgan fingerprint density at radius 3 is 1.64 bits per heavy atom. The van der Waals surface area contributed by atoms with Crippen LogP contribution >= 0.6 is 0 Å². The molecule has 0 atom stereocenters. The Morgan fingerprint density at radius 1 is 1.00 bits per heavy atom. The van der Waals surface area contributed by atoms with Gasteiger partial charge in [-0.15, -0.1) is 0 Å². The maximum atomic E-state index is 3.21. The molecule has 0 nitrogen and oxygen atoms in total. The summed E-state index contributed by atoms with van der Waals surface area (Å²) in [5, 5.41) is 0. The summed E-state index contributed by atoms with van der Waals surface area (Å²) in [4.78, 5) is 0. The Bertz CT molecular complexity index is 170. The van der Waals surface area contributed by atoms with Gasteiger partial charge < -0.3 is 24.0 Å². The third kappa shape index (κ3) is 4.92. The van der Waals surface area contributed by atoms with Gasteiger partial charge in [0.1, 0.15) is 0 Å². The van der Waals surface area contributed by atoms with Crippen LogP contribution in [0, 0.1) is 26.8 Å². The second kappa shape index (κ2) is 6.13. The van der Waals surface area contributed by atoms with Crippen molar-refractivity contribution in [2.45, 2.75) is 20.8 Å². The molecule has 0 aliphatic heterocycles. The van der Waals surface area contributed by atoms with Crippen molar-refractivity contribution in [3.05, 3.63) is 34.9 Å². The molecule has 1 radical (unpaired) electrons. The van der Waals surface area contributed by atoms with Crippen LogP contribution in [-0.2, 0) is 19.5 Å². The number of rotatable bonds is 0. The molecule has 0 aliphatic carbocycles. The minimum Gasteiger partial charge on any atom is -1.00 e. The molecular formula is C9H11IZn-. The van der Waals surface area contributed by atoms with E-state index in [4.69, 9.17) is 0 Å². The van der Waals surface area contributed by atoms with E-state index in [0.29, 0.717) is 0 Å². The van der Waals surface area contributed by atoms with Gasteiger partial charge in [-0.2, -0.15) is 0 Å². The Hall–Kier alpha value is 0.573. The molecule has 11 heavy (non-hydrogen) atoms. The molecule has 0 unspecified atom stereocenters. The van der Waals surface area contributed by atoms with Gasteiger partial charge >= 0.3 is 0 Å². The normalized spacial score (nSPS) is 7.91. The summed E-state index contributed by atoms with van der Waals surface area (Å²) in [6.07, 6.45) is 0. The zero-order valence-electron chi connectivity index (χ0n) is 7.24. The van der Waals surface area contributed by atoms with Crippen LogP contribution in [0.4, 0.5) is 0 Å². The van der Waals surface area contributed by atoms with Crippen molar-refractivity contribution < 1.29 is 43.5 Å². The standard InChI is InChI=1S/C9H11.HI.Zn/c1-7-4-8(2)6-9(3)5-7;;/h4-5H,1-3H3;1H;/p-1. The van der Waals surface area contributed by atoms with Gasteiger partial charge in [0.2, 0.25) is 0 Å². The molecule has 1 aromatic rings. The molecule has 2 heteroatoms. The van der Waals surface area contributed by atoms with E-state index in [1.165, 1.54) is 16.7 Å². The molecule has 0 bridgehead atoms. The van der Waals surface area contributed by atoms with Crippen LogP contribution in [0.2, 0.25) is 0 Å². The minimum absolute atomic E-state index is 0. The maximum absolute atomic E-state index is 3.21. The SMILES string of the molecule is Cc1[c]c(C)cc(C)c1.[I-].[Zn]. The zero-order chi connectivity index (χ0) is 6.85. The third-order valence-corrected chi connectivity index (χ3v) is 1.28. The third-order valence-electron chi connectivity index (χ3n) is 1.28. The van der Waals surface area contributed by atoms with Gasteiger partial charge in [-0.25, -0.2) is 0 Å². The molecule has 57 valence electrons. The first-order valence-electron chi connectivity index (χ1n) is 3.15. The molecule has 0 saturated carbocycles. The van der Waals surface area contributed by atoms with Gasteiger partial charge in [0, 0.05) is 19.5 Å². The molecule has 0 aliphatic rings. The quantitative estimate of drug-likeness (QED) is 0.444. The second-order valence-electron chi connectivity index (χ2n) is 2.52. The van der Waals surface area contributed by atoms with Crippen LogP contribution in [0.25, 0.3) is 0 Å². The summed E-state index contributed by atoms with van der Waals surface area (Å²) in [6.45, 7) is 6.24. The fourth-order valence-corrected chi connectivity index (χ4v) is 1.11. The molecule has 0 saturated heterocycles. The van der Waals surface area contributed by atoms with Crippen LogP contribution in [0.5, 0.6) is 0 Å². The molecular weight excluding hydrogens is 300 g/mol. The van der Waals surface area contributed by atoms with Gasteiger partial charge in [0.05, 0.1) is 0 Å². The number of benzene rings is 1. The van der Waals surface area contributed by atoms with Crippen LogP contribution in [0.1, 0.15) is 16.7 Å². The number of aryl methyl sites for hydroxylation is 3. The van der Waals surface area contributed by atoms with E-state index in [-0.39, 0.29) is 43.5 Å². The number of hydrogen-bond donors (Lipinski definition) is 0. The van der Waals surface area contributed by atoms with Crippen molar-refractivity contribution in [1.29, 1.82) is 0 Å². The number of hydrogen-bond acceptors (Lipinski definition) is 0. The van der Waals surface area contributed by atoms with Crippen LogP contribution < -0.4 is 24.0 Å². The van der Waals surface area contributed by atoms with Crippen molar-refractivity contribution in [1.82, 2.24) is 0 Å². The molecule has 0 spiro atoms.